The van der Waals surface area contributed by atoms with Crippen LogP contribution in [0.2, 0.25) is 5.02 Å². The fourth-order valence-electron chi connectivity index (χ4n) is 2.32. The minimum Gasteiger partial charge on any atom is -0.329 e. The highest BCUT2D eigenvalue weighted by Crippen LogP contribution is 2.37. The first-order chi connectivity index (χ1) is 8.61. The van der Waals surface area contributed by atoms with Gasteiger partial charge in [0, 0.05) is 22.8 Å². The van der Waals surface area contributed by atoms with E-state index in [1.165, 1.54) is 24.1 Å². The van der Waals surface area contributed by atoms with Gasteiger partial charge in [-0.3, -0.25) is 4.90 Å². The maximum Gasteiger partial charge on any atom is 0.0567 e. The lowest BCUT2D eigenvalue weighted by atomic mass is 10.1. The number of nitrogens with zero attached hydrogens (tertiary/aromatic N) is 1. The molecule has 1 aliphatic carbocycles. The van der Waals surface area contributed by atoms with Gasteiger partial charge < -0.3 is 5.73 Å². The average molecular weight is 287 g/mol. The van der Waals surface area contributed by atoms with Gasteiger partial charge >= 0.3 is 0 Å². The van der Waals surface area contributed by atoms with Gasteiger partial charge in [-0.25, -0.2) is 0 Å². The van der Waals surface area contributed by atoms with Crippen LogP contribution < -0.4 is 5.73 Å². The van der Waals surface area contributed by atoms with Crippen molar-refractivity contribution in [1.29, 1.82) is 0 Å². The topological polar surface area (TPSA) is 29.3 Å². The average Bonchev–Trinajstić information content (AvgIpc) is 3.07. The number of hydrogen-bond donors (Lipinski definition) is 1. The molecule has 0 aliphatic heterocycles. The lowest BCUT2D eigenvalue weighted by molar-refractivity contribution is 0.183. The number of thiophene rings is 1. The molecule has 102 valence electrons. The summed E-state index contributed by atoms with van der Waals surface area (Å²) in [7, 11) is 0. The molecule has 1 aromatic heterocycles. The summed E-state index contributed by atoms with van der Waals surface area (Å²) in [4.78, 5) is 3.92. The van der Waals surface area contributed by atoms with Crippen molar-refractivity contribution >= 4 is 22.9 Å². The van der Waals surface area contributed by atoms with Crippen LogP contribution in [0.3, 0.4) is 0 Å². The van der Waals surface area contributed by atoms with E-state index in [2.05, 4.69) is 24.8 Å². The zero-order valence-corrected chi connectivity index (χ0v) is 12.8. The van der Waals surface area contributed by atoms with E-state index in [1.54, 1.807) is 11.3 Å². The summed E-state index contributed by atoms with van der Waals surface area (Å²) in [6.07, 6.45) is 3.90. The third-order valence-corrected chi connectivity index (χ3v) is 4.90. The van der Waals surface area contributed by atoms with E-state index >= 15 is 0 Å². The molecule has 0 bridgehead atoms. The summed E-state index contributed by atoms with van der Waals surface area (Å²) in [5, 5.41) is 2.85. The Bertz CT molecular complexity index is 374. The van der Waals surface area contributed by atoms with Crippen molar-refractivity contribution in [2.45, 2.75) is 45.2 Å². The van der Waals surface area contributed by atoms with Gasteiger partial charge in [0.05, 0.1) is 11.1 Å². The SMILES string of the molecule is CC(C)CCN(C1CC1)C(CN)c1cc(Cl)cs1. The molecule has 1 atom stereocenters. The highest BCUT2D eigenvalue weighted by atomic mass is 35.5. The van der Waals surface area contributed by atoms with Crippen molar-refractivity contribution in [3.63, 3.8) is 0 Å². The molecule has 18 heavy (non-hydrogen) atoms. The van der Waals surface area contributed by atoms with Crippen LogP contribution in [0.1, 0.15) is 44.0 Å². The Morgan fingerprint density at radius 3 is 2.67 bits per heavy atom. The van der Waals surface area contributed by atoms with Crippen molar-refractivity contribution < 1.29 is 0 Å². The van der Waals surface area contributed by atoms with Gasteiger partial charge in [-0.2, -0.15) is 0 Å². The molecule has 1 fully saturated rings. The molecule has 1 saturated carbocycles. The zero-order chi connectivity index (χ0) is 13.1. The third kappa shape index (κ3) is 3.70. The van der Waals surface area contributed by atoms with Crippen LogP contribution >= 0.6 is 22.9 Å². The van der Waals surface area contributed by atoms with Crippen molar-refractivity contribution in [2.75, 3.05) is 13.1 Å². The molecule has 1 unspecified atom stereocenters. The molecule has 0 aromatic carbocycles. The second-order valence-corrected chi connectivity index (χ2v) is 6.95. The monoisotopic (exact) mass is 286 g/mol. The number of nitrogens with two attached hydrogens (primary N) is 1. The lowest BCUT2D eigenvalue weighted by Crippen LogP contribution is -2.36. The van der Waals surface area contributed by atoms with E-state index in [0.717, 1.165) is 23.5 Å². The van der Waals surface area contributed by atoms with Crippen LogP contribution in [0.15, 0.2) is 11.4 Å². The van der Waals surface area contributed by atoms with E-state index in [4.69, 9.17) is 17.3 Å². The summed E-state index contributed by atoms with van der Waals surface area (Å²) in [5.74, 6) is 0.747. The third-order valence-electron chi connectivity index (χ3n) is 3.52. The zero-order valence-electron chi connectivity index (χ0n) is 11.2. The van der Waals surface area contributed by atoms with Crippen LogP contribution in [-0.4, -0.2) is 24.0 Å². The fourth-order valence-corrected chi connectivity index (χ4v) is 3.54. The van der Waals surface area contributed by atoms with Gasteiger partial charge in [-0.1, -0.05) is 25.4 Å². The van der Waals surface area contributed by atoms with E-state index in [0.29, 0.717) is 12.6 Å². The summed E-state index contributed by atoms with van der Waals surface area (Å²) in [6, 6.07) is 3.18. The van der Waals surface area contributed by atoms with Crippen molar-refractivity contribution in [1.82, 2.24) is 4.90 Å². The normalized spacial score (nSPS) is 17.7. The summed E-state index contributed by atoms with van der Waals surface area (Å²) < 4.78 is 0. The first kappa shape index (κ1) is 14.3. The van der Waals surface area contributed by atoms with Gasteiger partial charge in [0.2, 0.25) is 0 Å². The molecule has 1 aromatic rings. The van der Waals surface area contributed by atoms with Gasteiger partial charge in [0.25, 0.3) is 0 Å². The lowest BCUT2D eigenvalue weighted by Gasteiger charge is -2.31. The van der Waals surface area contributed by atoms with E-state index in [9.17, 15) is 0 Å². The van der Waals surface area contributed by atoms with Crippen LogP contribution in [0.4, 0.5) is 0 Å². The molecule has 0 amide bonds. The predicted octanol–water partition coefficient (Wildman–Crippen LogP) is 3.91. The molecule has 2 nitrogen and oxygen atoms in total. The summed E-state index contributed by atoms with van der Waals surface area (Å²) in [5.41, 5.74) is 6.01. The minimum atomic E-state index is 0.355. The second kappa shape index (κ2) is 6.38. The number of halogens is 1. The smallest absolute Gasteiger partial charge is 0.0567 e. The van der Waals surface area contributed by atoms with Gasteiger partial charge in [-0.15, -0.1) is 11.3 Å². The van der Waals surface area contributed by atoms with Crippen molar-refractivity contribution in [3.05, 3.63) is 21.3 Å². The van der Waals surface area contributed by atoms with E-state index in [1.807, 2.05) is 5.38 Å². The molecule has 2 rings (SSSR count). The summed E-state index contributed by atoms with van der Waals surface area (Å²) in [6.45, 7) is 6.40. The molecule has 1 aliphatic rings. The second-order valence-electron chi connectivity index (χ2n) is 5.57. The molecular weight excluding hydrogens is 264 g/mol. The standard InChI is InChI=1S/C14H23ClN2S/c1-10(2)5-6-17(12-3-4-12)13(8-16)14-7-11(15)9-18-14/h7,9-10,12-13H,3-6,8,16H2,1-2H3. The maximum absolute atomic E-state index is 6.04. The molecule has 0 radical (unpaired) electrons. The molecule has 0 spiro atoms. The Morgan fingerprint density at radius 1 is 1.50 bits per heavy atom. The Morgan fingerprint density at radius 2 is 2.22 bits per heavy atom. The van der Waals surface area contributed by atoms with Gasteiger partial charge in [0.15, 0.2) is 0 Å². The van der Waals surface area contributed by atoms with Crippen LogP contribution in [-0.2, 0) is 0 Å². The molecular formula is C14H23ClN2S. The first-order valence-corrected chi connectivity index (χ1v) is 8.07. The van der Waals surface area contributed by atoms with Crippen molar-refractivity contribution in [2.24, 2.45) is 11.7 Å². The number of rotatable bonds is 7. The molecule has 4 heteroatoms. The fraction of sp³-hybridized carbons (Fsp3) is 0.714. The van der Waals surface area contributed by atoms with Gasteiger partial charge in [0.1, 0.15) is 0 Å². The highest BCUT2D eigenvalue weighted by Gasteiger charge is 2.34. The quantitative estimate of drug-likeness (QED) is 0.823. The van der Waals surface area contributed by atoms with E-state index < -0.39 is 0 Å². The molecule has 1 heterocycles. The van der Waals surface area contributed by atoms with Crippen LogP contribution in [0.5, 0.6) is 0 Å². The van der Waals surface area contributed by atoms with Gasteiger partial charge in [-0.05, 0) is 37.8 Å². The number of hydrogen-bond acceptors (Lipinski definition) is 3. The van der Waals surface area contributed by atoms with Crippen LogP contribution in [0, 0.1) is 5.92 Å². The van der Waals surface area contributed by atoms with Crippen molar-refractivity contribution in [3.8, 4) is 0 Å². The Labute approximate surface area is 119 Å². The minimum absolute atomic E-state index is 0.355. The van der Waals surface area contributed by atoms with Crippen LogP contribution in [0.25, 0.3) is 0 Å². The first-order valence-electron chi connectivity index (χ1n) is 6.81. The molecule has 2 N–H and O–H groups in total. The Hall–Kier alpha value is -0.0900. The Balaban J connectivity index is 2.06. The molecule has 0 saturated heterocycles. The summed E-state index contributed by atoms with van der Waals surface area (Å²) >= 11 is 7.78. The highest BCUT2D eigenvalue weighted by molar-refractivity contribution is 7.10. The largest absolute Gasteiger partial charge is 0.329 e. The maximum atomic E-state index is 6.04. The predicted molar refractivity (Wildman–Crippen MR) is 80.3 cm³/mol. The Kier molecular flexibility index (Phi) is 5.07. The van der Waals surface area contributed by atoms with E-state index in [-0.39, 0.29) is 0 Å².